The molecule has 5 nitrogen and oxygen atoms in total. The predicted molar refractivity (Wildman–Crippen MR) is 86.4 cm³/mol. The number of carbonyl (C=O) groups excluding carboxylic acids is 1. The number of benzene rings is 1. The van der Waals surface area contributed by atoms with Gasteiger partial charge in [0.05, 0.1) is 7.11 Å². The van der Waals surface area contributed by atoms with Crippen molar-refractivity contribution in [1.82, 2.24) is 15.5 Å². The van der Waals surface area contributed by atoms with Gasteiger partial charge in [0.25, 0.3) is 0 Å². The summed E-state index contributed by atoms with van der Waals surface area (Å²) < 4.78 is 5.23. The standard InChI is InChI=1S/C16H25N3O2/c1-4-19(5-2)13-12-18-16(20)17-11-10-14-8-6-7-9-15(14)21-3/h6-11H,4-5,12-13H2,1-3H3,(H2,17,18,20)/b11-10+. The lowest BCUT2D eigenvalue weighted by Gasteiger charge is -2.17. The quantitative estimate of drug-likeness (QED) is 0.773. The molecular weight excluding hydrogens is 266 g/mol. The van der Waals surface area contributed by atoms with Gasteiger partial charge in [-0.15, -0.1) is 0 Å². The second-order valence-corrected chi connectivity index (χ2v) is 4.50. The van der Waals surface area contributed by atoms with E-state index in [1.54, 1.807) is 13.3 Å². The number of nitrogens with one attached hydrogen (secondary N) is 2. The lowest BCUT2D eigenvalue weighted by molar-refractivity contribution is 0.240. The summed E-state index contributed by atoms with van der Waals surface area (Å²) in [5.41, 5.74) is 0.920. The van der Waals surface area contributed by atoms with Crippen molar-refractivity contribution in [2.24, 2.45) is 0 Å². The largest absolute Gasteiger partial charge is 0.496 e. The average Bonchev–Trinajstić information content (AvgIpc) is 2.52. The van der Waals surface area contributed by atoms with Crippen molar-refractivity contribution in [1.29, 1.82) is 0 Å². The molecule has 0 saturated heterocycles. The van der Waals surface area contributed by atoms with Gasteiger partial charge in [0.2, 0.25) is 0 Å². The highest BCUT2D eigenvalue weighted by molar-refractivity contribution is 5.76. The monoisotopic (exact) mass is 291 g/mol. The van der Waals surface area contributed by atoms with Gasteiger partial charge in [-0.1, -0.05) is 32.0 Å². The number of urea groups is 1. The Labute approximate surface area is 127 Å². The van der Waals surface area contributed by atoms with Crippen LogP contribution in [0.15, 0.2) is 30.5 Å². The van der Waals surface area contributed by atoms with Crippen LogP contribution in [0, 0.1) is 0 Å². The van der Waals surface area contributed by atoms with Crippen LogP contribution in [0.3, 0.4) is 0 Å². The number of nitrogens with zero attached hydrogens (tertiary/aromatic N) is 1. The van der Waals surface area contributed by atoms with Crippen LogP contribution < -0.4 is 15.4 Å². The molecule has 0 aliphatic heterocycles. The zero-order chi connectivity index (χ0) is 15.5. The molecule has 0 aromatic heterocycles. The minimum atomic E-state index is -0.201. The molecule has 0 saturated carbocycles. The van der Waals surface area contributed by atoms with Crippen molar-refractivity contribution in [3.63, 3.8) is 0 Å². The lowest BCUT2D eigenvalue weighted by Crippen LogP contribution is -2.38. The average molecular weight is 291 g/mol. The number of ether oxygens (including phenoxy) is 1. The van der Waals surface area contributed by atoms with Gasteiger partial charge < -0.3 is 20.3 Å². The van der Waals surface area contributed by atoms with Crippen LogP contribution in [0.4, 0.5) is 4.79 Å². The third-order valence-electron chi connectivity index (χ3n) is 3.22. The molecule has 5 heteroatoms. The number of methoxy groups -OCH3 is 1. The Bertz CT molecular complexity index is 457. The normalized spacial score (nSPS) is 10.9. The van der Waals surface area contributed by atoms with Crippen molar-refractivity contribution in [3.05, 3.63) is 36.0 Å². The molecule has 0 spiro atoms. The number of para-hydroxylation sites is 1. The Morgan fingerprint density at radius 3 is 2.67 bits per heavy atom. The van der Waals surface area contributed by atoms with E-state index in [2.05, 4.69) is 29.4 Å². The summed E-state index contributed by atoms with van der Waals surface area (Å²) in [7, 11) is 1.63. The maximum absolute atomic E-state index is 11.6. The summed E-state index contributed by atoms with van der Waals surface area (Å²) in [6.45, 7) is 7.70. The minimum absolute atomic E-state index is 0.201. The first-order valence-electron chi connectivity index (χ1n) is 7.27. The molecule has 0 aliphatic carbocycles. The SMILES string of the molecule is CCN(CC)CCNC(=O)N/C=C/c1ccccc1OC. The van der Waals surface area contributed by atoms with Crippen LogP contribution in [0.2, 0.25) is 0 Å². The molecule has 1 aromatic carbocycles. The Hall–Kier alpha value is -2.01. The van der Waals surface area contributed by atoms with Gasteiger partial charge in [-0.2, -0.15) is 0 Å². The van der Waals surface area contributed by atoms with E-state index in [1.807, 2.05) is 30.3 Å². The van der Waals surface area contributed by atoms with Crippen LogP contribution in [-0.2, 0) is 0 Å². The molecular formula is C16H25N3O2. The lowest BCUT2D eigenvalue weighted by atomic mass is 10.2. The van der Waals surface area contributed by atoms with E-state index < -0.39 is 0 Å². The number of hydrogen-bond acceptors (Lipinski definition) is 3. The van der Waals surface area contributed by atoms with Gasteiger partial charge in [0.15, 0.2) is 0 Å². The van der Waals surface area contributed by atoms with Crippen LogP contribution >= 0.6 is 0 Å². The van der Waals surface area contributed by atoms with Crippen molar-refractivity contribution >= 4 is 12.1 Å². The van der Waals surface area contributed by atoms with Gasteiger partial charge in [-0.3, -0.25) is 0 Å². The topological polar surface area (TPSA) is 53.6 Å². The molecule has 0 fully saturated rings. The van der Waals surface area contributed by atoms with Crippen LogP contribution in [0.5, 0.6) is 5.75 Å². The summed E-state index contributed by atoms with van der Waals surface area (Å²) in [5.74, 6) is 0.775. The molecule has 1 rings (SSSR count). The van der Waals surface area contributed by atoms with E-state index in [0.717, 1.165) is 30.9 Å². The van der Waals surface area contributed by atoms with E-state index in [1.165, 1.54) is 0 Å². The van der Waals surface area contributed by atoms with Gasteiger partial charge in [0.1, 0.15) is 5.75 Å². The molecule has 0 atom stereocenters. The van der Waals surface area contributed by atoms with Crippen LogP contribution in [-0.4, -0.2) is 44.2 Å². The Kier molecular flexibility index (Phi) is 7.97. The molecule has 0 bridgehead atoms. The maximum Gasteiger partial charge on any atom is 0.318 e. The smallest absolute Gasteiger partial charge is 0.318 e. The van der Waals surface area contributed by atoms with E-state index in [0.29, 0.717) is 6.54 Å². The molecule has 1 aromatic rings. The van der Waals surface area contributed by atoms with Gasteiger partial charge in [-0.25, -0.2) is 4.79 Å². The first-order valence-corrected chi connectivity index (χ1v) is 7.27. The van der Waals surface area contributed by atoms with E-state index in [4.69, 9.17) is 4.74 Å². The van der Waals surface area contributed by atoms with Gasteiger partial charge in [-0.05, 0) is 25.2 Å². The Morgan fingerprint density at radius 1 is 1.29 bits per heavy atom. The molecule has 0 radical (unpaired) electrons. The van der Waals surface area contributed by atoms with Crippen LogP contribution in [0.1, 0.15) is 19.4 Å². The third kappa shape index (κ3) is 6.31. The third-order valence-corrected chi connectivity index (χ3v) is 3.22. The summed E-state index contributed by atoms with van der Waals surface area (Å²) in [5, 5.41) is 5.51. The summed E-state index contributed by atoms with van der Waals surface area (Å²) in [4.78, 5) is 13.9. The van der Waals surface area contributed by atoms with Gasteiger partial charge >= 0.3 is 6.03 Å². The van der Waals surface area contributed by atoms with E-state index in [9.17, 15) is 4.79 Å². The number of hydrogen-bond donors (Lipinski definition) is 2. The zero-order valence-electron chi connectivity index (χ0n) is 13.1. The maximum atomic E-state index is 11.6. The number of carbonyl (C=O) groups is 1. The molecule has 2 N–H and O–H groups in total. The van der Waals surface area contributed by atoms with E-state index in [-0.39, 0.29) is 6.03 Å². The van der Waals surface area contributed by atoms with E-state index >= 15 is 0 Å². The fraction of sp³-hybridized carbons (Fsp3) is 0.438. The van der Waals surface area contributed by atoms with Crippen molar-refractivity contribution in [2.75, 3.05) is 33.3 Å². The molecule has 0 heterocycles. The Morgan fingerprint density at radius 2 is 2.00 bits per heavy atom. The highest BCUT2D eigenvalue weighted by atomic mass is 16.5. The number of likely N-dealkylation sites (N-methyl/N-ethyl adjacent to an activating group) is 1. The summed E-state index contributed by atoms with van der Waals surface area (Å²) in [6.07, 6.45) is 3.42. The number of amides is 2. The minimum Gasteiger partial charge on any atom is -0.496 e. The fourth-order valence-corrected chi connectivity index (χ4v) is 1.93. The van der Waals surface area contributed by atoms with Gasteiger partial charge in [0, 0.05) is 24.9 Å². The Balaban J connectivity index is 2.34. The molecule has 2 amide bonds. The molecule has 21 heavy (non-hydrogen) atoms. The second kappa shape index (κ2) is 9.83. The second-order valence-electron chi connectivity index (χ2n) is 4.50. The fourth-order valence-electron chi connectivity index (χ4n) is 1.93. The van der Waals surface area contributed by atoms with Crippen LogP contribution in [0.25, 0.3) is 6.08 Å². The molecule has 0 unspecified atom stereocenters. The van der Waals surface area contributed by atoms with Crippen molar-refractivity contribution in [2.45, 2.75) is 13.8 Å². The highest BCUT2D eigenvalue weighted by Crippen LogP contribution is 2.18. The first kappa shape index (κ1) is 17.0. The van der Waals surface area contributed by atoms with Crippen molar-refractivity contribution < 1.29 is 9.53 Å². The zero-order valence-corrected chi connectivity index (χ0v) is 13.1. The first-order chi connectivity index (χ1) is 10.2. The van der Waals surface area contributed by atoms with Crippen molar-refractivity contribution in [3.8, 4) is 5.75 Å². The predicted octanol–water partition coefficient (Wildman–Crippen LogP) is 2.31. The molecule has 0 aliphatic rings. The highest BCUT2D eigenvalue weighted by Gasteiger charge is 2.01. The summed E-state index contributed by atoms with van der Waals surface area (Å²) in [6, 6.07) is 7.43. The number of rotatable bonds is 8. The molecule has 116 valence electrons. The summed E-state index contributed by atoms with van der Waals surface area (Å²) >= 11 is 0.